The van der Waals surface area contributed by atoms with Gasteiger partial charge in [0.1, 0.15) is 17.7 Å². The fourth-order valence-corrected chi connectivity index (χ4v) is 1.94. The van der Waals surface area contributed by atoms with Crippen LogP contribution in [-0.4, -0.2) is 18.9 Å². The van der Waals surface area contributed by atoms with Crippen LogP contribution in [0.3, 0.4) is 0 Å². The maximum atomic E-state index is 13.7. The van der Waals surface area contributed by atoms with E-state index in [0.29, 0.717) is 6.42 Å². The molecule has 1 unspecified atom stereocenters. The highest BCUT2D eigenvalue weighted by Crippen LogP contribution is 2.25. The van der Waals surface area contributed by atoms with Crippen LogP contribution < -0.4 is 5.32 Å². The maximum absolute atomic E-state index is 13.7. The van der Waals surface area contributed by atoms with Gasteiger partial charge in [-0.2, -0.15) is 0 Å². The van der Waals surface area contributed by atoms with Crippen LogP contribution in [0.2, 0.25) is 0 Å². The van der Waals surface area contributed by atoms with E-state index < -0.39 is 11.6 Å². The number of hydrogen-bond acceptors (Lipinski definition) is 3. The second kappa shape index (κ2) is 4.86. The molecule has 18 heavy (non-hydrogen) atoms. The summed E-state index contributed by atoms with van der Waals surface area (Å²) in [5.74, 6) is -1.78. The number of rotatable bonds is 4. The molecular weight excluding hydrogens is 240 g/mol. The minimum Gasteiger partial charge on any atom is -0.461 e. The van der Waals surface area contributed by atoms with Crippen molar-refractivity contribution in [3.8, 4) is 0 Å². The number of Topliss-reactive ketones (excluding diaryl/α,β-unsaturated/α-hetero) is 1. The molecule has 2 rings (SSSR count). The Morgan fingerprint density at radius 1 is 1.39 bits per heavy atom. The number of carbonyl (C=O) groups excluding carboxylic acids is 1. The number of carbonyl (C=O) groups is 1. The molecule has 1 N–H and O–H groups in total. The van der Waals surface area contributed by atoms with Crippen LogP contribution >= 0.6 is 0 Å². The second-order valence-corrected chi connectivity index (χ2v) is 4.03. The zero-order valence-corrected chi connectivity index (χ0v) is 10.1. The molecule has 1 aromatic carbocycles. The molecule has 1 heterocycles. The summed E-state index contributed by atoms with van der Waals surface area (Å²) in [6, 6.07) is 2.02. The van der Waals surface area contributed by atoms with Gasteiger partial charge in [0, 0.05) is 5.56 Å². The van der Waals surface area contributed by atoms with Gasteiger partial charge in [-0.1, -0.05) is 6.92 Å². The lowest BCUT2D eigenvalue weighted by Crippen LogP contribution is -2.33. The Bertz CT molecular complexity index is 588. The number of likely N-dealkylation sites (N-methyl/N-ethyl adjacent to an activating group) is 1. The number of benzene rings is 1. The Kier molecular flexibility index (Phi) is 3.43. The summed E-state index contributed by atoms with van der Waals surface area (Å²) < 4.78 is 31.8. The first-order valence-corrected chi connectivity index (χ1v) is 5.66. The van der Waals surface area contributed by atoms with Gasteiger partial charge in [0.05, 0.1) is 11.4 Å². The van der Waals surface area contributed by atoms with Crippen molar-refractivity contribution >= 4 is 16.8 Å². The lowest BCUT2D eigenvalue weighted by molar-refractivity contribution is 0.0944. The molecule has 0 aliphatic rings. The average Bonchev–Trinajstić information content (AvgIpc) is 2.73. The highest BCUT2D eigenvalue weighted by molar-refractivity contribution is 6.02. The van der Waals surface area contributed by atoms with Gasteiger partial charge in [0.15, 0.2) is 11.6 Å². The van der Waals surface area contributed by atoms with Gasteiger partial charge in [-0.3, -0.25) is 4.79 Å². The van der Waals surface area contributed by atoms with E-state index in [1.807, 2.05) is 6.92 Å². The third-order valence-corrected chi connectivity index (χ3v) is 2.94. The molecule has 3 nitrogen and oxygen atoms in total. The molecule has 0 spiro atoms. The number of fused-ring (bicyclic) bond motifs is 1. The van der Waals surface area contributed by atoms with Crippen molar-refractivity contribution < 1.29 is 18.0 Å². The normalized spacial score (nSPS) is 12.9. The first-order valence-electron chi connectivity index (χ1n) is 5.66. The molecule has 0 amide bonds. The van der Waals surface area contributed by atoms with Crippen LogP contribution in [0.4, 0.5) is 8.78 Å². The topological polar surface area (TPSA) is 42.2 Å². The molecule has 5 heteroatoms. The number of hydrogen-bond donors (Lipinski definition) is 1. The molecule has 96 valence electrons. The van der Waals surface area contributed by atoms with Crippen molar-refractivity contribution in [2.75, 3.05) is 7.05 Å². The van der Waals surface area contributed by atoms with Crippen molar-refractivity contribution in [1.29, 1.82) is 0 Å². The summed E-state index contributed by atoms with van der Waals surface area (Å²) in [5.41, 5.74) is 0.220. The van der Waals surface area contributed by atoms with E-state index in [0.717, 1.165) is 12.3 Å². The van der Waals surface area contributed by atoms with E-state index in [-0.39, 0.29) is 28.4 Å². The largest absolute Gasteiger partial charge is 0.461 e. The molecule has 1 atom stereocenters. The van der Waals surface area contributed by atoms with Gasteiger partial charge in [-0.05, 0) is 25.6 Å². The second-order valence-electron chi connectivity index (χ2n) is 4.03. The van der Waals surface area contributed by atoms with Crippen molar-refractivity contribution in [3.63, 3.8) is 0 Å². The summed E-state index contributed by atoms with van der Waals surface area (Å²) in [6.07, 6.45) is 1.42. The fraction of sp³-hybridized carbons (Fsp3) is 0.308. The van der Waals surface area contributed by atoms with Crippen molar-refractivity contribution in [2.45, 2.75) is 19.4 Å². The molecule has 0 saturated carbocycles. The van der Waals surface area contributed by atoms with Crippen molar-refractivity contribution in [2.24, 2.45) is 0 Å². The molecule has 0 aliphatic heterocycles. The minimum absolute atomic E-state index is 0.0433. The molecule has 0 radical (unpaired) electrons. The Morgan fingerprint density at radius 3 is 2.72 bits per heavy atom. The predicted octanol–water partition coefficient (Wildman–Crippen LogP) is 2.89. The van der Waals surface area contributed by atoms with E-state index >= 15 is 0 Å². The van der Waals surface area contributed by atoms with Gasteiger partial charge in [-0.15, -0.1) is 0 Å². The molecular formula is C13H13F2NO2. The lowest BCUT2D eigenvalue weighted by atomic mass is 10.0. The average molecular weight is 253 g/mol. The standard InChI is InChI=1S/C13H13F2NO2/c1-3-10(16-2)13(17)7-4-8(14)12-9(15)6-18-11(12)5-7/h4-6,10,16H,3H2,1-2H3. The van der Waals surface area contributed by atoms with Gasteiger partial charge in [-0.25, -0.2) is 8.78 Å². The third-order valence-electron chi connectivity index (χ3n) is 2.94. The first-order chi connectivity index (χ1) is 8.58. The van der Waals surface area contributed by atoms with Crippen LogP contribution in [-0.2, 0) is 0 Å². The van der Waals surface area contributed by atoms with E-state index in [9.17, 15) is 13.6 Å². The van der Waals surface area contributed by atoms with E-state index in [2.05, 4.69) is 5.32 Å². The zero-order valence-electron chi connectivity index (χ0n) is 10.1. The molecule has 0 bridgehead atoms. The van der Waals surface area contributed by atoms with E-state index in [1.165, 1.54) is 6.07 Å². The van der Waals surface area contributed by atoms with Crippen LogP contribution in [0.5, 0.6) is 0 Å². The van der Waals surface area contributed by atoms with E-state index in [1.54, 1.807) is 7.05 Å². The number of furan rings is 1. The predicted molar refractivity (Wildman–Crippen MR) is 63.6 cm³/mol. The van der Waals surface area contributed by atoms with Crippen molar-refractivity contribution in [3.05, 3.63) is 35.6 Å². The zero-order chi connectivity index (χ0) is 13.3. The van der Waals surface area contributed by atoms with Gasteiger partial charge in [0.2, 0.25) is 0 Å². The van der Waals surface area contributed by atoms with E-state index in [4.69, 9.17) is 4.42 Å². The highest BCUT2D eigenvalue weighted by atomic mass is 19.1. The van der Waals surface area contributed by atoms with Gasteiger partial charge >= 0.3 is 0 Å². The Balaban J connectivity index is 2.50. The highest BCUT2D eigenvalue weighted by Gasteiger charge is 2.20. The van der Waals surface area contributed by atoms with Crippen LogP contribution in [0.25, 0.3) is 11.0 Å². The monoisotopic (exact) mass is 253 g/mol. The molecule has 0 fully saturated rings. The maximum Gasteiger partial charge on any atom is 0.179 e. The lowest BCUT2D eigenvalue weighted by Gasteiger charge is -2.12. The number of nitrogens with one attached hydrogen (secondary N) is 1. The van der Waals surface area contributed by atoms with Crippen LogP contribution in [0, 0.1) is 11.6 Å². The summed E-state index contributed by atoms with van der Waals surface area (Å²) in [7, 11) is 1.66. The van der Waals surface area contributed by atoms with Gasteiger partial charge < -0.3 is 9.73 Å². The minimum atomic E-state index is -0.784. The Labute approximate surface area is 103 Å². The Hall–Kier alpha value is -1.75. The summed E-state index contributed by atoms with van der Waals surface area (Å²) in [6.45, 7) is 1.85. The van der Waals surface area contributed by atoms with Gasteiger partial charge in [0.25, 0.3) is 0 Å². The van der Waals surface area contributed by atoms with Crippen molar-refractivity contribution in [1.82, 2.24) is 5.32 Å². The summed E-state index contributed by atoms with van der Waals surface area (Å²) >= 11 is 0. The first kappa shape index (κ1) is 12.7. The third kappa shape index (κ3) is 2.01. The molecule has 2 aromatic rings. The Morgan fingerprint density at radius 2 is 2.11 bits per heavy atom. The van der Waals surface area contributed by atoms with Crippen LogP contribution in [0.15, 0.2) is 22.8 Å². The van der Waals surface area contributed by atoms with Crippen LogP contribution in [0.1, 0.15) is 23.7 Å². The quantitative estimate of drug-likeness (QED) is 0.852. The summed E-state index contributed by atoms with van der Waals surface area (Å²) in [4.78, 5) is 12.0. The molecule has 1 aromatic heterocycles. The number of halogens is 2. The smallest absolute Gasteiger partial charge is 0.179 e. The fourth-order valence-electron chi connectivity index (χ4n) is 1.94. The summed E-state index contributed by atoms with van der Waals surface area (Å²) in [5, 5.41) is 2.63. The SMILES string of the molecule is CCC(NC)C(=O)c1cc(F)c2c(F)coc2c1. The number of ketones is 1. The molecule has 0 aliphatic carbocycles. The molecule has 0 saturated heterocycles.